The minimum absolute atomic E-state index is 0.497. The zero-order valence-corrected chi connectivity index (χ0v) is 9.86. The summed E-state index contributed by atoms with van der Waals surface area (Å²) in [6.07, 6.45) is 6.88. The molecule has 0 aliphatic carbocycles. The highest BCUT2D eigenvalue weighted by Gasteiger charge is 2.12. The van der Waals surface area contributed by atoms with E-state index < -0.39 is 6.10 Å². The van der Waals surface area contributed by atoms with Crippen LogP contribution in [0.5, 0.6) is 5.75 Å². The number of aliphatic hydroxyl groups is 1. The molecule has 0 bridgehead atoms. The summed E-state index contributed by atoms with van der Waals surface area (Å²) in [5, 5.41) is 10.0. The van der Waals surface area contributed by atoms with E-state index in [9.17, 15) is 5.11 Å². The topological polar surface area (TPSA) is 29.5 Å². The van der Waals surface area contributed by atoms with Crippen molar-refractivity contribution in [1.29, 1.82) is 0 Å². The second-order valence-electron chi connectivity index (χ2n) is 3.86. The van der Waals surface area contributed by atoms with Crippen molar-refractivity contribution in [2.45, 2.75) is 32.3 Å². The molecule has 0 spiro atoms. The number of aryl methyl sites for hydroxylation is 1. The van der Waals surface area contributed by atoms with Crippen molar-refractivity contribution in [3.8, 4) is 18.1 Å². The van der Waals surface area contributed by atoms with Crippen LogP contribution in [0.1, 0.15) is 36.5 Å². The first-order valence-electron chi connectivity index (χ1n) is 5.45. The van der Waals surface area contributed by atoms with Crippen LogP contribution in [-0.2, 0) is 0 Å². The largest absolute Gasteiger partial charge is 0.496 e. The van der Waals surface area contributed by atoms with Gasteiger partial charge in [-0.05, 0) is 31.9 Å². The fourth-order valence-corrected chi connectivity index (χ4v) is 1.67. The SMILES string of the molecule is C#CCCCC(O)c1cc(C)ccc1OC. The lowest BCUT2D eigenvalue weighted by molar-refractivity contribution is 0.161. The first-order valence-corrected chi connectivity index (χ1v) is 5.45. The number of aliphatic hydroxyl groups excluding tert-OH is 1. The van der Waals surface area contributed by atoms with Gasteiger partial charge in [-0.1, -0.05) is 11.6 Å². The normalized spacial score (nSPS) is 11.9. The van der Waals surface area contributed by atoms with Crippen LogP contribution in [0, 0.1) is 19.3 Å². The van der Waals surface area contributed by atoms with E-state index in [2.05, 4.69) is 5.92 Å². The van der Waals surface area contributed by atoms with Crippen molar-refractivity contribution >= 4 is 0 Å². The summed E-state index contributed by atoms with van der Waals surface area (Å²) in [6, 6.07) is 5.81. The highest BCUT2D eigenvalue weighted by Crippen LogP contribution is 2.29. The molecule has 0 fully saturated rings. The molecule has 0 radical (unpaired) electrons. The van der Waals surface area contributed by atoms with E-state index in [0.717, 1.165) is 23.3 Å². The predicted molar refractivity (Wildman–Crippen MR) is 65.4 cm³/mol. The molecule has 0 aliphatic heterocycles. The maximum absolute atomic E-state index is 10.0. The highest BCUT2D eigenvalue weighted by atomic mass is 16.5. The van der Waals surface area contributed by atoms with E-state index in [-0.39, 0.29) is 0 Å². The average Bonchev–Trinajstić information content (AvgIpc) is 2.29. The minimum Gasteiger partial charge on any atom is -0.496 e. The monoisotopic (exact) mass is 218 g/mol. The van der Waals surface area contributed by atoms with E-state index >= 15 is 0 Å². The number of unbranched alkanes of at least 4 members (excludes halogenated alkanes) is 1. The molecule has 16 heavy (non-hydrogen) atoms. The van der Waals surface area contributed by atoms with E-state index in [1.807, 2.05) is 25.1 Å². The quantitative estimate of drug-likeness (QED) is 0.608. The Balaban J connectivity index is 2.77. The fraction of sp³-hybridized carbons (Fsp3) is 0.429. The standard InChI is InChI=1S/C14H18O2/c1-4-5-6-7-13(15)12-10-11(2)8-9-14(12)16-3/h1,8-10,13,15H,5-7H2,2-3H3. The van der Waals surface area contributed by atoms with Crippen LogP contribution >= 0.6 is 0 Å². The van der Waals surface area contributed by atoms with Crippen LogP contribution in [0.25, 0.3) is 0 Å². The van der Waals surface area contributed by atoms with Gasteiger partial charge in [0.05, 0.1) is 13.2 Å². The highest BCUT2D eigenvalue weighted by molar-refractivity contribution is 5.38. The van der Waals surface area contributed by atoms with Crippen LogP contribution < -0.4 is 4.74 Å². The summed E-state index contributed by atoms with van der Waals surface area (Å²) >= 11 is 0. The van der Waals surface area contributed by atoms with Gasteiger partial charge in [-0.25, -0.2) is 0 Å². The lowest BCUT2D eigenvalue weighted by Crippen LogP contribution is -2.01. The number of methoxy groups -OCH3 is 1. The van der Waals surface area contributed by atoms with Gasteiger partial charge >= 0.3 is 0 Å². The second-order valence-corrected chi connectivity index (χ2v) is 3.86. The lowest BCUT2D eigenvalue weighted by Gasteiger charge is -2.15. The first kappa shape index (κ1) is 12.6. The van der Waals surface area contributed by atoms with Crippen molar-refractivity contribution in [3.05, 3.63) is 29.3 Å². The second kappa shape index (κ2) is 6.19. The van der Waals surface area contributed by atoms with Crippen molar-refractivity contribution in [1.82, 2.24) is 0 Å². The van der Waals surface area contributed by atoms with Crippen molar-refractivity contribution in [3.63, 3.8) is 0 Å². The summed E-state index contributed by atoms with van der Waals surface area (Å²) in [5.41, 5.74) is 1.96. The van der Waals surface area contributed by atoms with E-state index in [1.165, 1.54) is 0 Å². The molecule has 0 aromatic heterocycles. The van der Waals surface area contributed by atoms with Gasteiger partial charge in [0.1, 0.15) is 5.75 Å². The number of ether oxygens (including phenoxy) is 1. The molecule has 0 heterocycles. The third-order valence-corrected chi connectivity index (χ3v) is 2.54. The Morgan fingerprint density at radius 1 is 1.50 bits per heavy atom. The number of rotatable bonds is 5. The smallest absolute Gasteiger partial charge is 0.124 e. The first-order chi connectivity index (χ1) is 7.69. The molecule has 0 saturated heterocycles. The molecule has 0 aliphatic rings. The zero-order valence-electron chi connectivity index (χ0n) is 9.86. The van der Waals surface area contributed by atoms with Gasteiger partial charge in [0.15, 0.2) is 0 Å². The van der Waals surface area contributed by atoms with E-state index in [4.69, 9.17) is 11.2 Å². The van der Waals surface area contributed by atoms with Crippen LogP contribution in [-0.4, -0.2) is 12.2 Å². The van der Waals surface area contributed by atoms with Gasteiger partial charge in [0.2, 0.25) is 0 Å². The zero-order chi connectivity index (χ0) is 12.0. The summed E-state index contributed by atoms with van der Waals surface area (Å²) in [5.74, 6) is 3.31. The maximum atomic E-state index is 10.0. The minimum atomic E-state index is -0.497. The maximum Gasteiger partial charge on any atom is 0.124 e. The number of hydrogen-bond acceptors (Lipinski definition) is 2. The van der Waals surface area contributed by atoms with Gasteiger partial charge < -0.3 is 9.84 Å². The Labute approximate surface area is 97.3 Å². The molecular weight excluding hydrogens is 200 g/mol. The molecule has 2 nitrogen and oxygen atoms in total. The summed E-state index contributed by atoms with van der Waals surface area (Å²) in [6.45, 7) is 2.00. The van der Waals surface area contributed by atoms with Crippen LogP contribution in [0.3, 0.4) is 0 Å². The number of terminal acetylenes is 1. The Hall–Kier alpha value is -1.46. The number of hydrogen-bond donors (Lipinski definition) is 1. The Bertz CT molecular complexity index is 377. The molecule has 2 heteroatoms. The predicted octanol–water partition coefficient (Wildman–Crippen LogP) is 2.84. The van der Waals surface area contributed by atoms with Gasteiger partial charge in [-0.3, -0.25) is 0 Å². The molecule has 86 valence electrons. The lowest BCUT2D eigenvalue weighted by atomic mass is 10.0. The molecule has 1 unspecified atom stereocenters. The molecule has 0 saturated carbocycles. The Morgan fingerprint density at radius 2 is 2.25 bits per heavy atom. The summed E-state index contributed by atoms with van der Waals surface area (Å²) < 4.78 is 5.23. The molecule has 1 rings (SSSR count). The summed E-state index contributed by atoms with van der Waals surface area (Å²) in [4.78, 5) is 0. The third kappa shape index (κ3) is 3.29. The molecule has 1 N–H and O–H groups in total. The third-order valence-electron chi connectivity index (χ3n) is 2.54. The van der Waals surface area contributed by atoms with Crippen molar-refractivity contribution in [2.24, 2.45) is 0 Å². The van der Waals surface area contributed by atoms with E-state index in [0.29, 0.717) is 12.8 Å². The number of benzene rings is 1. The molecule has 1 aromatic carbocycles. The van der Waals surface area contributed by atoms with Gasteiger partial charge in [-0.2, -0.15) is 0 Å². The van der Waals surface area contributed by atoms with Gasteiger partial charge in [-0.15, -0.1) is 12.3 Å². The molecular formula is C14H18O2. The van der Waals surface area contributed by atoms with Crippen molar-refractivity contribution < 1.29 is 9.84 Å². The van der Waals surface area contributed by atoms with Crippen LogP contribution in [0.4, 0.5) is 0 Å². The van der Waals surface area contributed by atoms with E-state index in [1.54, 1.807) is 7.11 Å². The Morgan fingerprint density at radius 3 is 2.88 bits per heavy atom. The van der Waals surface area contributed by atoms with Crippen molar-refractivity contribution in [2.75, 3.05) is 7.11 Å². The molecule has 1 atom stereocenters. The van der Waals surface area contributed by atoms with Gasteiger partial charge in [0, 0.05) is 12.0 Å². The summed E-state index contributed by atoms with van der Waals surface area (Å²) in [7, 11) is 1.61. The average molecular weight is 218 g/mol. The Kier molecular flexibility index (Phi) is 4.88. The van der Waals surface area contributed by atoms with Crippen LogP contribution in [0.2, 0.25) is 0 Å². The molecule has 1 aromatic rings. The van der Waals surface area contributed by atoms with Gasteiger partial charge in [0.25, 0.3) is 0 Å². The van der Waals surface area contributed by atoms with Crippen LogP contribution in [0.15, 0.2) is 18.2 Å². The molecule has 0 amide bonds. The fourth-order valence-electron chi connectivity index (χ4n) is 1.67.